The minimum atomic E-state index is -0.134. The van der Waals surface area contributed by atoms with Gasteiger partial charge >= 0.3 is 0 Å². The van der Waals surface area contributed by atoms with E-state index in [0.717, 1.165) is 21.4 Å². The van der Waals surface area contributed by atoms with Crippen molar-refractivity contribution in [3.63, 3.8) is 0 Å². The maximum absolute atomic E-state index is 11.9. The van der Waals surface area contributed by atoms with Crippen molar-refractivity contribution >= 4 is 34.2 Å². The maximum atomic E-state index is 11.9. The molecule has 0 bridgehead atoms. The zero-order valence-corrected chi connectivity index (χ0v) is 13.6. The quantitative estimate of drug-likeness (QED) is 0.751. The molecule has 2 aromatic heterocycles. The Balaban J connectivity index is 2.42. The normalized spacial score (nSPS) is 10.9. The smallest absolute Gasteiger partial charge is 0.268 e. The molecule has 102 valence electrons. The monoisotopic (exact) mass is 392 g/mol. The van der Waals surface area contributed by atoms with Crippen LogP contribution in [0.15, 0.2) is 17.1 Å². The molecule has 5 nitrogen and oxygen atoms in total. The highest BCUT2D eigenvalue weighted by atomic mass is 127. The van der Waals surface area contributed by atoms with Crippen molar-refractivity contribution in [2.75, 3.05) is 0 Å². The van der Waals surface area contributed by atoms with Crippen LogP contribution in [0.4, 0.5) is 0 Å². The molecule has 0 spiro atoms. The average molecular weight is 393 g/mol. The third kappa shape index (κ3) is 3.00. The highest BCUT2D eigenvalue weighted by Crippen LogP contribution is 2.21. The van der Waals surface area contributed by atoms with Crippen LogP contribution in [0.2, 0.25) is 5.02 Å². The first-order valence-electron chi connectivity index (χ1n) is 6.03. The predicted octanol–water partition coefficient (Wildman–Crippen LogP) is 2.33. The topological polar surface area (TPSA) is 52.7 Å². The largest absolute Gasteiger partial charge is 0.268 e. The van der Waals surface area contributed by atoms with E-state index in [1.807, 2.05) is 18.5 Å². The van der Waals surface area contributed by atoms with Crippen LogP contribution in [0.25, 0.3) is 0 Å². The van der Waals surface area contributed by atoms with Crippen LogP contribution in [0.1, 0.15) is 25.2 Å². The van der Waals surface area contributed by atoms with E-state index in [4.69, 9.17) is 11.6 Å². The summed E-state index contributed by atoms with van der Waals surface area (Å²) in [5.41, 5.74) is 1.55. The Bertz CT molecular complexity index is 650. The highest BCUT2D eigenvalue weighted by molar-refractivity contribution is 14.1. The minimum Gasteiger partial charge on any atom is -0.268 e. The molecule has 0 unspecified atom stereocenters. The summed E-state index contributed by atoms with van der Waals surface area (Å²) < 4.78 is 4.05. The van der Waals surface area contributed by atoms with Gasteiger partial charge in [-0.1, -0.05) is 18.5 Å². The molecule has 2 rings (SSSR count). The second kappa shape index (κ2) is 6.04. The molecule has 0 atom stereocenters. The molecule has 2 aromatic rings. The van der Waals surface area contributed by atoms with Gasteiger partial charge in [-0.15, -0.1) is 0 Å². The molecule has 2 heterocycles. The second-order valence-electron chi connectivity index (χ2n) is 4.05. The van der Waals surface area contributed by atoms with Gasteiger partial charge in [-0.2, -0.15) is 10.2 Å². The summed E-state index contributed by atoms with van der Waals surface area (Å²) in [5, 5.41) is 9.19. The summed E-state index contributed by atoms with van der Waals surface area (Å²) >= 11 is 8.38. The Morgan fingerprint density at radius 2 is 2.11 bits per heavy atom. The van der Waals surface area contributed by atoms with Crippen molar-refractivity contribution in [2.45, 2.75) is 33.4 Å². The van der Waals surface area contributed by atoms with Crippen LogP contribution >= 0.6 is 34.2 Å². The molecule has 0 radical (unpaired) electrons. The molecule has 0 fully saturated rings. The van der Waals surface area contributed by atoms with Crippen molar-refractivity contribution in [1.29, 1.82) is 0 Å². The van der Waals surface area contributed by atoms with Crippen molar-refractivity contribution in [1.82, 2.24) is 19.6 Å². The van der Waals surface area contributed by atoms with E-state index in [0.29, 0.717) is 18.1 Å². The standard InChI is InChI=1S/C12H14ClIN4O/c1-3-9-12(13)10(17(4-2)16-9)7-18-11(19)5-8(14)6-15-18/h5-6H,3-4,7H2,1-2H3. The lowest BCUT2D eigenvalue weighted by Crippen LogP contribution is -2.24. The zero-order valence-electron chi connectivity index (χ0n) is 10.7. The number of nitrogens with zero attached hydrogens (tertiary/aromatic N) is 4. The van der Waals surface area contributed by atoms with E-state index < -0.39 is 0 Å². The molecule has 0 aliphatic rings. The number of halogens is 2. The van der Waals surface area contributed by atoms with Crippen LogP contribution in [0.3, 0.4) is 0 Å². The molecule has 0 aliphatic heterocycles. The van der Waals surface area contributed by atoms with Crippen LogP contribution in [-0.4, -0.2) is 19.6 Å². The molecule has 19 heavy (non-hydrogen) atoms. The fourth-order valence-corrected chi connectivity index (χ4v) is 2.56. The number of hydrogen-bond acceptors (Lipinski definition) is 3. The first-order valence-corrected chi connectivity index (χ1v) is 7.49. The third-order valence-electron chi connectivity index (χ3n) is 2.83. The molecule has 0 N–H and O–H groups in total. The van der Waals surface area contributed by atoms with Gasteiger partial charge < -0.3 is 0 Å². The second-order valence-corrected chi connectivity index (χ2v) is 5.67. The van der Waals surface area contributed by atoms with Crippen LogP contribution in [-0.2, 0) is 19.5 Å². The van der Waals surface area contributed by atoms with Crippen LogP contribution in [0.5, 0.6) is 0 Å². The Morgan fingerprint density at radius 3 is 2.68 bits per heavy atom. The Morgan fingerprint density at radius 1 is 1.37 bits per heavy atom. The summed E-state index contributed by atoms with van der Waals surface area (Å²) in [6.45, 7) is 5.06. The van der Waals surface area contributed by atoms with E-state index in [-0.39, 0.29) is 5.56 Å². The molecular weight excluding hydrogens is 379 g/mol. The van der Waals surface area contributed by atoms with Gasteiger partial charge in [-0.05, 0) is 35.9 Å². The van der Waals surface area contributed by atoms with E-state index in [9.17, 15) is 4.79 Å². The van der Waals surface area contributed by atoms with E-state index in [2.05, 4.69) is 32.8 Å². The SMILES string of the molecule is CCc1nn(CC)c(Cn2ncc(I)cc2=O)c1Cl. The number of aromatic nitrogens is 4. The molecule has 0 aromatic carbocycles. The minimum absolute atomic E-state index is 0.134. The third-order valence-corrected chi connectivity index (χ3v) is 3.86. The van der Waals surface area contributed by atoms with Crippen LogP contribution < -0.4 is 5.56 Å². The predicted molar refractivity (Wildman–Crippen MR) is 82.6 cm³/mol. The molecule has 0 amide bonds. The van der Waals surface area contributed by atoms with Gasteiger partial charge in [0.05, 0.1) is 29.2 Å². The van der Waals surface area contributed by atoms with Gasteiger partial charge in [0.2, 0.25) is 0 Å². The lowest BCUT2D eigenvalue weighted by Gasteiger charge is -2.07. The molecule has 0 saturated heterocycles. The molecule has 7 heteroatoms. The van der Waals surface area contributed by atoms with E-state index in [1.165, 1.54) is 4.68 Å². The van der Waals surface area contributed by atoms with E-state index >= 15 is 0 Å². The van der Waals surface area contributed by atoms with Gasteiger partial charge in [0.25, 0.3) is 5.56 Å². The fraction of sp³-hybridized carbons (Fsp3) is 0.417. The Hall–Kier alpha value is -0.890. The van der Waals surface area contributed by atoms with Gasteiger partial charge in [0.1, 0.15) is 0 Å². The van der Waals surface area contributed by atoms with Crippen LogP contribution in [0, 0.1) is 3.57 Å². The summed E-state index contributed by atoms with van der Waals surface area (Å²) in [6.07, 6.45) is 2.43. The molecule has 0 saturated carbocycles. The fourth-order valence-electron chi connectivity index (χ4n) is 1.84. The summed E-state index contributed by atoms with van der Waals surface area (Å²) in [4.78, 5) is 11.9. The lowest BCUT2D eigenvalue weighted by molar-refractivity contribution is 0.557. The van der Waals surface area contributed by atoms with Gasteiger partial charge in [0.15, 0.2) is 0 Å². The highest BCUT2D eigenvalue weighted by Gasteiger charge is 2.15. The van der Waals surface area contributed by atoms with Crippen molar-refractivity contribution in [3.8, 4) is 0 Å². The van der Waals surface area contributed by atoms with Crippen molar-refractivity contribution < 1.29 is 0 Å². The molecule has 0 aliphatic carbocycles. The molecular formula is C12H14ClIN4O. The van der Waals surface area contributed by atoms with Crippen molar-refractivity contribution in [3.05, 3.63) is 42.6 Å². The van der Waals surface area contributed by atoms with Gasteiger partial charge in [0, 0.05) is 16.2 Å². The first-order chi connectivity index (χ1) is 9.06. The number of hydrogen-bond donors (Lipinski definition) is 0. The summed E-state index contributed by atoms with van der Waals surface area (Å²) in [6, 6.07) is 1.55. The van der Waals surface area contributed by atoms with Gasteiger partial charge in [-0.3, -0.25) is 9.48 Å². The number of aryl methyl sites for hydroxylation is 2. The van der Waals surface area contributed by atoms with E-state index in [1.54, 1.807) is 12.3 Å². The van der Waals surface area contributed by atoms with Gasteiger partial charge in [-0.25, -0.2) is 4.68 Å². The van der Waals surface area contributed by atoms with Crippen molar-refractivity contribution in [2.24, 2.45) is 0 Å². The maximum Gasteiger partial charge on any atom is 0.268 e. The summed E-state index contributed by atoms with van der Waals surface area (Å²) in [5.74, 6) is 0. The first kappa shape index (κ1) is 14.5. The zero-order chi connectivity index (χ0) is 14.0. The Labute approximate surface area is 129 Å². The summed E-state index contributed by atoms with van der Waals surface area (Å²) in [7, 11) is 0. The Kier molecular flexibility index (Phi) is 4.62. The lowest BCUT2D eigenvalue weighted by atomic mass is 10.3. The average Bonchev–Trinajstić information content (AvgIpc) is 2.69. The number of rotatable bonds is 4.